The van der Waals surface area contributed by atoms with Crippen LogP contribution in [0.2, 0.25) is 0 Å². The zero-order valence-corrected chi connectivity index (χ0v) is 25.3. The molecule has 1 atom stereocenters. The molecule has 234 valence electrons. The van der Waals surface area contributed by atoms with Crippen LogP contribution in [0.3, 0.4) is 0 Å². The van der Waals surface area contributed by atoms with Gasteiger partial charge >= 0.3 is 6.18 Å². The fourth-order valence-corrected chi connectivity index (χ4v) is 7.78. The number of rotatable bonds is 7. The molecule has 0 radical (unpaired) electrons. The summed E-state index contributed by atoms with van der Waals surface area (Å²) in [6.07, 6.45) is 0.337. The van der Waals surface area contributed by atoms with Crippen molar-refractivity contribution in [2.45, 2.75) is 36.7 Å². The van der Waals surface area contributed by atoms with Gasteiger partial charge in [-0.2, -0.15) is 18.3 Å². The topological polar surface area (TPSA) is 58.7 Å². The molecule has 4 nitrogen and oxygen atoms in total. The molecule has 7 rings (SSSR count). The number of hydrogen-bond acceptors (Lipinski definition) is 5. The van der Waals surface area contributed by atoms with E-state index >= 15 is 17.6 Å². The molecule has 2 N–H and O–H groups in total. The number of benzene rings is 3. The molecule has 1 saturated carbocycles. The summed E-state index contributed by atoms with van der Waals surface area (Å²) in [6.45, 7) is 0.278. The van der Waals surface area contributed by atoms with Crippen LogP contribution in [0.1, 0.15) is 47.9 Å². The van der Waals surface area contributed by atoms with E-state index in [0.717, 1.165) is 23.8 Å². The summed E-state index contributed by atoms with van der Waals surface area (Å²) in [5, 5.41) is 8.03. The summed E-state index contributed by atoms with van der Waals surface area (Å²) < 4.78 is 74.8. The molecule has 4 aliphatic rings. The Labute approximate surface area is 266 Å². The van der Waals surface area contributed by atoms with Gasteiger partial charge in [0.2, 0.25) is 0 Å². The SMILES string of the molecule is NCCCC1(c2ccccc2)SC=CC(c2cc(F)ccc2F)=NN1C1=C(C2(C(F)(F)F)CC2)C(=O)C2=Cc3ccccc3C2=C1. The number of nitrogens with two attached hydrogens (primary N) is 1. The van der Waals surface area contributed by atoms with Crippen molar-refractivity contribution in [1.82, 2.24) is 5.01 Å². The van der Waals surface area contributed by atoms with E-state index < -0.39 is 33.9 Å². The lowest BCUT2D eigenvalue weighted by atomic mass is 9.80. The average Bonchev–Trinajstić information content (AvgIpc) is 3.81. The molecule has 10 heteroatoms. The molecular formula is C36H28F5N3OS. The molecule has 1 fully saturated rings. The summed E-state index contributed by atoms with van der Waals surface area (Å²) in [5.74, 6) is -2.16. The first-order valence-corrected chi connectivity index (χ1v) is 15.8. The summed E-state index contributed by atoms with van der Waals surface area (Å²) in [7, 11) is 0. The van der Waals surface area contributed by atoms with Crippen molar-refractivity contribution in [2.75, 3.05) is 6.54 Å². The number of carbonyl (C=O) groups is 1. The van der Waals surface area contributed by atoms with Crippen LogP contribution >= 0.6 is 11.8 Å². The van der Waals surface area contributed by atoms with Gasteiger partial charge in [0.25, 0.3) is 0 Å². The molecule has 0 bridgehead atoms. The van der Waals surface area contributed by atoms with Gasteiger partial charge in [-0.1, -0.05) is 66.4 Å². The van der Waals surface area contributed by atoms with Gasteiger partial charge in [-0.15, -0.1) is 0 Å². The van der Waals surface area contributed by atoms with Crippen molar-refractivity contribution >= 4 is 34.9 Å². The lowest BCUT2D eigenvalue weighted by molar-refractivity contribution is -0.177. The van der Waals surface area contributed by atoms with Gasteiger partial charge in [-0.05, 0) is 96.3 Å². The van der Waals surface area contributed by atoms with Crippen molar-refractivity contribution < 1.29 is 26.7 Å². The van der Waals surface area contributed by atoms with Crippen LogP contribution in [0.5, 0.6) is 0 Å². The molecule has 3 aromatic rings. The lowest BCUT2D eigenvalue weighted by Gasteiger charge is -2.44. The molecule has 1 unspecified atom stereocenters. The maximum absolute atomic E-state index is 15.3. The first-order chi connectivity index (χ1) is 22.1. The summed E-state index contributed by atoms with van der Waals surface area (Å²) in [4.78, 5) is 13.3. The molecule has 3 aliphatic carbocycles. The van der Waals surface area contributed by atoms with Gasteiger partial charge in [-0.3, -0.25) is 4.79 Å². The summed E-state index contributed by atoms with van der Waals surface area (Å²) in [5.41, 5.74) is 5.89. The van der Waals surface area contributed by atoms with E-state index in [2.05, 4.69) is 0 Å². The third-order valence-corrected chi connectivity index (χ3v) is 10.3. The van der Waals surface area contributed by atoms with E-state index in [0.29, 0.717) is 29.5 Å². The number of allylic oxidation sites excluding steroid dienone is 5. The molecule has 3 aromatic carbocycles. The van der Waals surface area contributed by atoms with Crippen molar-refractivity contribution in [3.8, 4) is 0 Å². The van der Waals surface area contributed by atoms with E-state index in [-0.39, 0.29) is 47.5 Å². The molecular weight excluding hydrogens is 617 g/mol. The minimum absolute atomic E-state index is 0.00206. The normalized spacial score (nSPS) is 21.7. The predicted octanol–water partition coefficient (Wildman–Crippen LogP) is 8.48. The largest absolute Gasteiger partial charge is 0.398 e. The van der Waals surface area contributed by atoms with E-state index in [1.165, 1.54) is 22.8 Å². The zero-order valence-electron chi connectivity index (χ0n) is 24.5. The number of alkyl halides is 3. The molecule has 1 aliphatic heterocycles. The van der Waals surface area contributed by atoms with Crippen LogP contribution < -0.4 is 5.73 Å². The fourth-order valence-electron chi connectivity index (χ4n) is 6.59. The highest BCUT2D eigenvalue weighted by Crippen LogP contribution is 2.66. The van der Waals surface area contributed by atoms with Gasteiger partial charge in [0.05, 0.1) is 16.8 Å². The van der Waals surface area contributed by atoms with E-state index in [1.807, 2.05) is 48.5 Å². The number of fused-ring (bicyclic) bond motifs is 3. The standard InChI is InChI=1S/C36H28F5N3OS/c37-24-11-12-29(38)28(20-24)30-13-18-46-35(14-6-17-42,23-8-2-1-3-9-23)44(43-30)31-21-26-25-10-5-4-7-22(25)19-27(26)33(45)32(31)34(15-16-34)36(39,40)41/h1-5,7-13,18-21H,6,14-17,42H2. The van der Waals surface area contributed by atoms with E-state index in [9.17, 15) is 9.18 Å². The van der Waals surface area contributed by atoms with Crippen LogP contribution in [-0.4, -0.2) is 29.2 Å². The number of nitrogens with zero attached hydrogens (tertiary/aromatic N) is 2. The third-order valence-electron chi connectivity index (χ3n) is 9.04. The molecule has 0 aromatic heterocycles. The van der Waals surface area contributed by atoms with E-state index in [4.69, 9.17) is 10.8 Å². The highest BCUT2D eigenvalue weighted by Gasteiger charge is 2.68. The number of hydrazone groups is 1. The monoisotopic (exact) mass is 645 g/mol. The number of thioether (sulfide) groups is 1. The van der Waals surface area contributed by atoms with Gasteiger partial charge in [0.15, 0.2) is 5.78 Å². The Bertz CT molecular complexity index is 1910. The summed E-state index contributed by atoms with van der Waals surface area (Å²) in [6, 6.07) is 19.4. The minimum Gasteiger partial charge on any atom is -0.330 e. The molecule has 0 amide bonds. The highest BCUT2D eigenvalue weighted by molar-refractivity contribution is 8.03. The molecule has 0 spiro atoms. The number of carbonyl (C=O) groups excluding carboxylic acids is 1. The van der Waals surface area contributed by atoms with Gasteiger partial charge < -0.3 is 5.73 Å². The first kappa shape index (κ1) is 30.4. The highest BCUT2D eigenvalue weighted by atomic mass is 32.2. The van der Waals surface area contributed by atoms with Crippen molar-refractivity contribution in [1.29, 1.82) is 0 Å². The number of Topliss-reactive ketones (excluding diaryl/α,β-unsaturated/α-hetero) is 1. The molecule has 1 heterocycles. The van der Waals surface area contributed by atoms with Crippen LogP contribution in [-0.2, 0) is 9.67 Å². The predicted molar refractivity (Wildman–Crippen MR) is 170 cm³/mol. The van der Waals surface area contributed by atoms with Gasteiger partial charge in [0, 0.05) is 16.7 Å². The maximum atomic E-state index is 15.3. The average molecular weight is 646 g/mol. The van der Waals surface area contributed by atoms with Crippen LogP contribution in [0, 0.1) is 17.0 Å². The lowest BCUT2D eigenvalue weighted by Crippen LogP contribution is -2.43. The van der Waals surface area contributed by atoms with Crippen molar-refractivity contribution in [3.63, 3.8) is 0 Å². The number of ketones is 1. The quantitative estimate of drug-likeness (QED) is 0.262. The van der Waals surface area contributed by atoms with Gasteiger partial charge in [-0.25, -0.2) is 13.8 Å². The molecule has 46 heavy (non-hydrogen) atoms. The summed E-state index contributed by atoms with van der Waals surface area (Å²) >= 11 is 1.28. The third kappa shape index (κ3) is 4.77. The number of halogens is 5. The first-order valence-electron chi connectivity index (χ1n) is 14.9. The minimum atomic E-state index is -4.72. The number of hydrogen-bond donors (Lipinski definition) is 1. The van der Waals surface area contributed by atoms with Crippen molar-refractivity contribution in [3.05, 3.63) is 141 Å². The second kappa shape index (κ2) is 11.2. The van der Waals surface area contributed by atoms with Crippen LogP contribution in [0.15, 0.2) is 112 Å². The van der Waals surface area contributed by atoms with Crippen molar-refractivity contribution in [2.24, 2.45) is 16.3 Å². The Morgan fingerprint density at radius 1 is 0.913 bits per heavy atom. The second-order valence-electron chi connectivity index (χ2n) is 11.8. The van der Waals surface area contributed by atoms with Crippen LogP contribution in [0.4, 0.5) is 22.0 Å². The maximum Gasteiger partial charge on any atom is 0.398 e. The Kier molecular flexibility index (Phi) is 7.40. The van der Waals surface area contributed by atoms with E-state index in [1.54, 1.807) is 23.6 Å². The Hall–Kier alpha value is -4.28. The van der Waals surface area contributed by atoms with Crippen LogP contribution in [0.25, 0.3) is 11.6 Å². The van der Waals surface area contributed by atoms with Gasteiger partial charge in [0.1, 0.15) is 16.5 Å². The second-order valence-corrected chi connectivity index (χ2v) is 12.9. The Morgan fingerprint density at radius 2 is 1.65 bits per heavy atom. The molecule has 0 saturated heterocycles. The Morgan fingerprint density at radius 3 is 2.37 bits per heavy atom. The fraction of sp³-hybridized carbons (Fsp3) is 0.222. The smallest absolute Gasteiger partial charge is 0.330 e. The zero-order chi connectivity index (χ0) is 32.3. The Balaban J connectivity index is 1.57.